The molecule has 1 heterocycles. The standard InChI is InChI=1S/C19H21ClN2O3/c1-12-5-8-16(21-11-12)22-18(24)14-9-13(6-7-15(14)20)10-17(23)25-19(2,3)4/h5-9,11H,10H2,1-4H3,(H,21,22,24). The number of hydrogen-bond donors (Lipinski definition) is 1. The van der Waals surface area contributed by atoms with E-state index in [1.165, 1.54) is 0 Å². The van der Waals surface area contributed by atoms with Crippen LogP contribution in [0, 0.1) is 6.92 Å². The maximum Gasteiger partial charge on any atom is 0.310 e. The first-order valence-electron chi connectivity index (χ1n) is 7.88. The number of benzene rings is 1. The maximum atomic E-state index is 12.4. The molecule has 0 aliphatic carbocycles. The molecule has 25 heavy (non-hydrogen) atoms. The number of carbonyl (C=O) groups excluding carboxylic acids is 2. The molecule has 0 atom stereocenters. The molecule has 2 rings (SSSR count). The van der Waals surface area contributed by atoms with Gasteiger partial charge in [0.25, 0.3) is 5.91 Å². The fourth-order valence-electron chi connectivity index (χ4n) is 2.13. The highest BCUT2D eigenvalue weighted by Gasteiger charge is 2.18. The van der Waals surface area contributed by atoms with Gasteiger partial charge in [0.1, 0.15) is 11.4 Å². The first-order chi connectivity index (χ1) is 11.6. The van der Waals surface area contributed by atoms with Gasteiger partial charge < -0.3 is 10.1 Å². The lowest BCUT2D eigenvalue weighted by Crippen LogP contribution is -2.25. The van der Waals surface area contributed by atoms with Gasteiger partial charge in [-0.15, -0.1) is 0 Å². The Hall–Kier alpha value is -2.40. The second-order valence-corrected chi connectivity index (χ2v) is 7.16. The molecule has 0 unspecified atom stereocenters. The van der Waals surface area contributed by atoms with Crippen LogP contribution in [0.3, 0.4) is 0 Å². The predicted molar refractivity (Wildman–Crippen MR) is 97.9 cm³/mol. The highest BCUT2D eigenvalue weighted by atomic mass is 35.5. The number of esters is 1. The Morgan fingerprint density at radius 1 is 1.20 bits per heavy atom. The second-order valence-electron chi connectivity index (χ2n) is 6.75. The van der Waals surface area contributed by atoms with E-state index in [0.717, 1.165) is 5.56 Å². The van der Waals surface area contributed by atoms with E-state index < -0.39 is 5.60 Å². The molecule has 0 spiro atoms. The van der Waals surface area contributed by atoms with E-state index in [9.17, 15) is 9.59 Å². The third-order valence-electron chi connectivity index (χ3n) is 3.20. The molecule has 6 heteroatoms. The molecule has 0 fully saturated rings. The Bertz CT molecular complexity index is 780. The summed E-state index contributed by atoms with van der Waals surface area (Å²) in [5.41, 5.74) is 1.38. The summed E-state index contributed by atoms with van der Waals surface area (Å²) >= 11 is 6.13. The number of anilines is 1. The van der Waals surface area contributed by atoms with Crippen molar-refractivity contribution in [1.29, 1.82) is 0 Å². The lowest BCUT2D eigenvalue weighted by molar-refractivity contribution is -0.153. The third kappa shape index (κ3) is 5.87. The van der Waals surface area contributed by atoms with E-state index in [4.69, 9.17) is 16.3 Å². The molecule has 1 N–H and O–H groups in total. The Balaban J connectivity index is 2.13. The van der Waals surface area contributed by atoms with Crippen molar-refractivity contribution in [3.8, 4) is 0 Å². The van der Waals surface area contributed by atoms with Crippen LogP contribution in [0.25, 0.3) is 0 Å². The summed E-state index contributed by atoms with van der Waals surface area (Å²) < 4.78 is 5.30. The number of nitrogens with one attached hydrogen (secondary N) is 1. The minimum absolute atomic E-state index is 0.0670. The van der Waals surface area contributed by atoms with Crippen LogP contribution in [0.1, 0.15) is 42.3 Å². The van der Waals surface area contributed by atoms with Gasteiger partial charge in [-0.25, -0.2) is 4.98 Å². The van der Waals surface area contributed by atoms with Crippen molar-refractivity contribution in [2.75, 3.05) is 5.32 Å². The maximum absolute atomic E-state index is 12.4. The molecule has 1 aromatic carbocycles. The Kier molecular flexibility index (Phi) is 5.80. The van der Waals surface area contributed by atoms with E-state index in [1.54, 1.807) is 51.2 Å². The quantitative estimate of drug-likeness (QED) is 0.830. The zero-order chi connectivity index (χ0) is 18.6. The summed E-state index contributed by atoms with van der Waals surface area (Å²) in [6.07, 6.45) is 1.73. The second kappa shape index (κ2) is 7.66. The van der Waals surface area contributed by atoms with E-state index in [-0.39, 0.29) is 23.9 Å². The molecule has 0 saturated carbocycles. The monoisotopic (exact) mass is 360 g/mol. The molecule has 1 aromatic heterocycles. The SMILES string of the molecule is Cc1ccc(NC(=O)c2cc(CC(=O)OC(C)(C)C)ccc2Cl)nc1. The molecule has 0 aliphatic rings. The van der Waals surface area contributed by atoms with Gasteiger partial charge in [0.2, 0.25) is 0 Å². The number of amides is 1. The van der Waals surface area contributed by atoms with Crippen LogP contribution in [-0.2, 0) is 16.0 Å². The van der Waals surface area contributed by atoms with Crippen LogP contribution in [0.2, 0.25) is 5.02 Å². The van der Waals surface area contributed by atoms with Crippen molar-refractivity contribution in [1.82, 2.24) is 4.98 Å². The number of nitrogens with zero attached hydrogens (tertiary/aromatic N) is 1. The summed E-state index contributed by atoms with van der Waals surface area (Å²) in [7, 11) is 0. The Labute approximate surface area is 152 Å². The van der Waals surface area contributed by atoms with Gasteiger partial charge in [0.05, 0.1) is 17.0 Å². The van der Waals surface area contributed by atoms with Crippen molar-refractivity contribution in [3.05, 3.63) is 58.2 Å². The number of hydrogen-bond acceptors (Lipinski definition) is 4. The average Bonchev–Trinajstić information content (AvgIpc) is 2.49. The van der Waals surface area contributed by atoms with Gasteiger partial charge in [-0.3, -0.25) is 9.59 Å². The summed E-state index contributed by atoms with van der Waals surface area (Å²) in [5.74, 6) is -0.307. The largest absolute Gasteiger partial charge is 0.460 e. The van der Waals surface area contributed by atoms with E-state index in [0.29, 0.717) is 16.4 Å². The van der Waals surface area contributed by atoms with Gasteiger partial charge >= 0.3 is 5.97 Å². The van der Waals surface area contributed by atoms with Gasteiger partial charge in [-0.1, -0.05) is 23.7 Å². The smallest absolute Gasteiger partial charge is 0.310 e. The molecule has 132 valence electrons. The topological polar surface area (TPSA) is 68.3 Å². The van der Waals surface area contributed by atoms with Crippen LogP contribution in [0.15, 0.2) is 36.5 Å². The summed E-state index contributed by atoms with van der Waals surface area (Å²) in [5, 5.41) is 3.00. The number of carbonyl (C=O) groups is 2. The van der Waals surface area contributed by atoms with Crippen molar-refractivity contribution in [3.63, 3.8) is 0 Å². The number of halogens is 1. The number of ether oxygens (including phenoxy) is 1. The predicted octanol–water partition coefficient (Wildman–Crippen LogP) is 4.18. The lowest BCUT2D eigenvalue weighted by atomic mass is 10.1. The zero-order valence-corrected chi connectivity index (χ0v) is 15.5. The van der Waals surface area contributed by atoms with Crippen LogP contribution in [0.4, 0.5) is 5.82 Å². The van der Waals surface area contributed by atoms with Crippen molar-refractivity contribution < 1.29 is 14.3 Å². The molecule has 1 amide bonds. The number of pyridine rings is 1. The minimum atomic E-state index is -0.555. The van der Waals surface area contributed by atoms with Crippen LogP contribution >= 0.6 is 11.6 Å². The molecule has 5 nitrogen and oxygen atoms in total. The first-order valence-corrected chi connectivity index (χ1v) is 8.26. The van der Waals surface area contributed by atoms with Gasteiger partial charge in [0.15, 0.2) is 0 Å². The Morgan fingerprint density at radius 3 is 2.52 bits per heavy atom. The number of aryl methyl sites for hydroxylation is 1. The third-order valence-corrected chi connectivity index (χ3v) is 3.53. The fourth-order valence-corrected chi connectivity index (χ4v) is 2.33. The van der Waals surface area contributed by atoms with E-state index >= 15 is 0 Å². The van der Waals surface area contributed by atoms with Crippen LogP contribution in [-0.4, -0.2) is 22.5 Å². The molecular formula is C19H21ClN2O3. The molecule has 0 radical (unpaired) electrons. The average molecular weight is 361 g/mol. The van der Waals surface area contributed by atoms with Crippen molar-refractivity contribution in [2.45, 2.75) is 39.7 Å². The van der Waals surface area contributed by atoms with Crippen LogP contribution in [0.5, 0.6) is 0 Å². The molecule has 2 aromatic rings. The van der Waals surface area contributed by atoms with E-state index in [1.807, 2.05) is 13.0 Å². The van der Waals surface area contributed by atoms with Gasteiger partial charge in [0, 0.05) is 6.20 Å². The highest BCUT2D eigenvalue weighted by molar-refractivity contribution is 6.34. The van der Waals surface area contributed by atoms with Crippen LogP contribution < -0.4 is 5.32 Å². The number of rotatable bonds is 4. The molecule has 0 bridgehead atoms. The normalized spacial score (nSPS) is 11.1. The number of aromatic nitrogens is 1. The highest BCUT2D eigenvalue weighted by Crippen LogP contribution is 2.20. The summed E-state index contributed by atoms with van der Waals surface area (Å²) in [4.78, 5) is 28.5. The lowest BCUT2D eigenvalue weighted by Gasteiger charge is -2.19. The first kappa shape index (κ1) is 18.9. The molecule has 0 aliphatic heterocycles. The summed E-state index contributed by atoms with van der Waals surface area (Å²) in [6, 6.07) is 8.45. The van der Waals surface area contributed by atoms with Crippen molar-refractivity contribution >= 4 is 29.3 Å². The summed E-state index contributed by atoms with van der Waals surface area (Å²) in [6.45, 7) is 7.33. The van der Waals surface area contributed by atoms with E-state index in [2.05, 4.69) is 10.3 Å². The molecule has 0 saturated heterocycles. The van der Waals surface area contributed by atoms with Gasteiger partial charge in [-0.2, -0.15) is 0 Å². The van der Waals surface area contributed by atoms with Crippen molar-refractivity contribution in [2.24, 2.45) is 0 Å². The zero-order valence-electron chi connectivity index (χ0n) is 14.7. The minimum Gasteiger partial charge on any atom is -0.460 e. The Morgan fingerprint density at radius 2 is 1.92 bits per heavy atom. The fraction of sp³-hybridized carbons (Fsp3) is 0.316. The molecular weight excluding hydrogens is 340 g/mol. The van der Waals surface area contributed by atoms with Gasteiger partial charge in [-0.05, 0) is 57.0 Å².